The van der Waals surface area contributed by atoms with E-state index in [-0.39, 0.29) is 22.4 Å². The molecule has 0 unspecified atom stereocenters. The Morgan fingerprint density at radius 1 is 1.00 bits per heavy atom. The van der Waals surface area contributed by atoms with Gasteiger partial charge in [0.1, 0.15) is 17.1 Å². The zero-order valence-electron chi connectivity index (χ0n) is 11.8. The Bertz CT molecular complexity index is 760. The number of allylic oxidation sites excluding steroid dienone is 1. The third kappa shape index (κ3) is 2.98. The van der Waals surface area contributed by atoms with E-state index in [1.54, 1.807) is 30.3 Å². The lowest BCUT2D eigenvalue weighted by Gasteiger charge is -2.11. The fraction of sp³-hybridized carbons (Fsp3) is 0.0588. The molecule has 5 nitrogen and oxygen atoms in total. The third-order valence-corrected chi connectivity index (χ3v) is 3.18. The molecule has 0 fully saturated rings. The minimum Gasteiger partial charge on any atom is -0.507 e. The van der Waals surface area contributed by atoms with Gasteiger partial charge in [-0.1, -0.05) is 30.3 Å². The summed E-state index contributed by atoms with van der Waals surface area (Å²) in [5.41, 5.74) is 0.513. The van der Waals surface area contributed by atoms with Crippen molar-refractivity contribution in [1.82, 2.24) is 0 Å². The molecule has 0 radical (unpaired) electrons. The zero-order chi connectivity index (χ0) is 16.3. The van der Waals surface area contributed by atoms with Crippen LogP contribution in [-0.4, -0.2) is 27.1 Å². The van der Waals surface area contributed by atoms with Gasteiger partial charge in [0.05, 0.1) is 0 Å². The largest absolute Gasteiger partial charge is 0.507 e. The van der Waals surface area contributed by atoms with Crippen LogP contribution in [0.1, 0.15) is 28.4 Å². The number of rotatable bonds is 4. The average Bonchev–Trinajstić information content (AvgIpc) is 2.47. The molecule has 112 valence electrons. The summed E-state index contributed by atoms with van der Waals surface area (Å²) < 4.78 is 0. The van der Waals surface area contributed by atoms with Crippen molar-refractivity contribution in [2.75, 3.05) is 0 Å². The number of carbonyl (C=O) groups excluding carboxylic acids is 1. The lowest BCUT2D eigenvalue weighted by atomic mass is 9.96. The lowest BCUT2D eigenvalue weighted by Crippen LogP contribution is -2.03. The van der Waals surface area contributed by atoms with Crippen LogP contribution in [0.25, 0.3) is 5.57 Å². The number of aliphatic carboxylic acids is 1. The number of hydrogen-bond acceptors (Lipinski definition) is 4. The summed E-state index contributed by atoms with van der Waals surface area (Å²) in [6, 6.07) is 10.8. The van der Waals surface area contributed by atoms with Crippen LogP contribution in [0.4, 0.5) is 0 Å². The number of phenols is 2. The molecule has 0 saturated carbocycles. The summed E-state index contributed by atoms with van der Waals surface area (Å²) in [6.45, 7) is 1.50. The lowest BCUT2D eigenvalue weighted by molar-refractivity contribution is -0.131. The van der Waals surface area contributed by atoms with Crippen LogP contribution >= 0.6 is 0 Å². The first-order valence-corrected chi connectivity index (χ1v) is 6.48. The van der Waals surface area contributed by atoms with Gasteiger partial charge in [-0.3, -0.25) is 4.79 Å². The SMILES string of the molecule is CC(=CC(=O)O)c1ccc(O)c(C(=O)c2ccccc2)c1O. The number of aromatic hydroxyl groups is 2. The zero-order valence-corrected chi connectivity index (χ0v) is 11.8. The molecule has 22 heavy (non-hydrogen) atoms. The third-order valence-electron chi connectivity index (χ3n) is 3.18. The van der Waals surface area contributed by atoms with Crippen LogP contribution in [0, 0.1) is 0 Å². The fourth-order valence-electron chi connectivity index (χ4n) is 2.12. The summed E-state index contributed by atoms with van der Waals surface area (Å²) in [7, 11) is 0. The van der Waals surface area contributed by atoms with Gasteiger partial charge in [0, 0.05) is 17.2 Å². The number of phenolic OH excluding ortho intramolecular Hbond substituents is 2. The summed E-state index contributed by atoms with van der Waals surface area (Å²) in [4.78, 5) is 23.2. The summed E-state index contributed by atoms with van der Waals surface area (Å²) in [5, 5.41) is 28.9. The topological polar surface area (TPSA) is 94.8 Å². The monoisotopic (exact) mass is 298 g/mol. The number of benzene rings is 2. The van der Waals surface area contributed by atoms with Crippen LogP contribution in [0.5, 0.6) is 11.5 Å². The minimum atomic E-state index is -1.17. The smallest absolute Gasteiger partial charge is 0.328 e. The predicted molar refractivity (Wildman–Crippen MR) is 80.9 cm³/mol. The van der Waals surface area contributed by atoms with Gasteiger partial charge < -0.3 is 15.3 Å². The quantitative estimate of drug-likeness (QED) is 0.596. The number of carbonyl (C=O) groups is 2. The van der Waals surface area contributed by atoms with E-state index < -0.39 is 17.5 Å². The Balaban J connectivity index is 2.58. The van der Waals surface area contributed by atoms with Gasteiger partial charge >= 0.3 is 5.97 Å². The molecule has 0 atom stereocenters. The van der Waals surface area contributed by atoms with E-state index in [4.69, 9.17) is 5.11 Å². The number of carboxylic acid groups (broad SMARTS) is 1. The number of hydrogen-bond donors (Lipinski definition) is 3. The molecule has 2 aromatic rings. The Morgan fingerprint density at radius 3 is 2.23 bits per heavy atom. The van der Waals surface area contributed by atoms with Crippen molar-refractivity contribution in [3.05, 3.63) is 65.2 Å². The molecular weight excluding hydrogens is 284 g/mol. The molecule has 0 amide bonds. The normalized spacial score (nSPS) is 11.2. The number of ketones is 1. The maximum absolute atomic E-state index is 12.4. The van der Waals surface area contributed by atoms with Crippen molar-refractivity contribution in [3.63, 3.8) is 0 Å². The second-order valence-corrected chi connectivity index (χ2v) is 4.72. The van der Waals surface area contributed by atoms with E-state index in [0.717, 1.165) is 6.08 Å². The Morgan fingerprint density at radius 2 is 1.64 bits per heavy atom. The molecule has 0 spiro atoms. The van der Waals surface area contributed by atoms with E-state index in [9.17, 15) is 19.8 Å². The van der Waals surface area contributed by atoms with E-state index in [1.165, 1.54) is 19.1 Å². The van der Waals surface area contributed by atoms with Crippen LogP contribution in [0.2, 0.25) is 0 Å². The maximum atomic E-state index is 12.4. The van der Waals surface area contributed by atoms with E-state index in [1.807, 2.05) is 0 Å². The molecule has 0 aliphatic heterocycles. The summed E-state index contributed by atoms with van der Waals surface area (Å²) in [6.07, 6.45) is 0.920. The van der Waals surface area contributed by atoms with Gasteiger partial charge in [-0.25, -0.2) is 4.79 Å². The first-order valence-electron chi connectivity index (χ1n) is 6.48. The highest BCUT2D eigenvalue weighted by molar-refractivity contribution is 6.13. The maximum Gasteiger partial charge on any atom is 0.328 e. The van der Waals surface area contributed by atoms with E-state index in [2.05, 4.69) is 0 Å². The van der Waals surface area contributed by atoms with E-state index in [0.29, 0.717) is 5.56 Å². The Kier molecular flexibility index (Phi) is 4.27. The van der Waals surface area contributed by atoms with E-state index >= 15 is 0 Å². The molecule has 3 N–H and O–H groups in total. The van der Waals surface area contributed by atoms with Crippen molar-refractivity contribution in [3.8, 4) is 11.5 Å². The highest BCUT2D eigenvalue weighted by Crippen LogP contribution is 2.35. The van der Waals surface area contributed by atoms with Gasteiger partial charge in [-0.15, -0.1) is 0 Å². The van der Waals surface area contributed by atoms with Gasteiger partial charge in [-0.2, -0.15) is 0 Å². The molecule has 0 heterocycles. The van der Waals surface area contributed by atoms with Gasteiger partial charge in [0.2, 0.25) is 5.78 Å². The molecule has 0 saturated heterocycles. The molecule has 2 aromatic carbocycles. The first kappa shape index (κ1) is 15.3. The standard InChI is InChI=1S/C17H14O5/c1-10(9-14(19)20)12-7-8-13(18)15(17(12)22)16(21)11-5-3-2-4-6-11/h2-9,18,22H,1H3,(H,19,20). The molecule has 0 aliphatic rings. The molecule has 0 aromatic heterocycles. The highest BCUT2D eigenvalue weighted by atomic mass is 16.4. The van der Waals surface area contributed by atoms with Gasteiger partial charge in [-0.05, 0) is 24.6 Å². The highest BCUT2D eigenvalue weighted by Gasteiger charge is 2.21. The molecule has 5 heteroatoms. The van der Waals surface area contributed by atoms with Crippen LogP contribution in [0.15, 0.2) is 48.5 Å². The van der Waals surface area contributed by atoms with Crippen LogP contribution in [-0.2, 0) is 4.79 Å². The molecular formula is C17H14O5. The van der Waals surface area contributed by atoms with Crippen LogP contribution in [0.3, 0.4) is 0 Å². The second-order valence-electron chi connectivity index (χ2n) is 4.72. The Labute approximate surface area is 126 Å². The van der Waals surface area contributed by atoms with Gasteiger partial charge in [0.15, 0.2) is 0 Å². The van der Waals surface area contributed by atoms with Crippen molar-refractivity contribution in [2.45, 2.75) is 6.92 Å². The van der Waals surface area contributed by atoms with Gasteiger partial charge in [0.25, 0.3) is 0 Å². The van der Waals surface area contributed by atoms with Crippen molar-refractivity contribution in [1.29, 1.82) is 0 Å². The van der Waals surface area contributed by atoms with Crippen molar-refractivity contribution >= 4 is 17.3 Å². The van der Waals surface area contributed by atoms with Crippen LogP contribution < -0.4 is 0 Å². The minimum absolute atomic E-state index is 0.180. The summed E-state index contributed by atoms with van der Waals surface area (Å²) >= 11 is 0. The molecule has 2 rings (SSSR count). The fourth-order valence-corrected chi connectivity index (χ4v) is 2.12. The van der Waals surface area contributed by atoms with Crippen molar-refractivity contribution in [2.24, 2.45) is 0 Å². The molecule has 0 aliphatic carbocycles. The van der Waals surface area contributed by atoms with Crippen molar-refractivity contribution < 1.29 is 24.9 Å². The Hall–Kier alpha value is -3.08. The predicted octanol–water partition coefficient (Wildman–Crippen LogP) is 2.82. The average molecular weight is 298 g/mol. The molecule has 0 bridgehead atoms. The number of carboxylic acids is 1. The first-order chi connectivity index (χ1) is 10.4. The second kappa shape index (κ2) is 6.13. The summed E-state index contributed by atoms with van der Waals surface area (Å²) in [5.74, 6) is -2.51.